The largest absolute Gasteiger partial charge is 0.494 e. The highest BCUT2D eigenvalue weighted by molar-refractivity contribution is 14.0. The molecular formula is C21H32FIN4O2. The van der Waals surface area contributed by atoms with Gasteiger partial charge in [-0.05, 0) is 43.9 Å². The third-order valence-corrected chi connectivity index (χ3v) is 5.53. The lowest BCUT2D eigenvalue weighted by Crippen LogP contribution is -2.45. The van der Waals surface area contributed by atoms with E-state index in [0.717, 1.165) is 44.5 Å². The molecule has 1 aliphatic heterocycles. The highest BCUT2D eigenvalue weighted by Crippen LogP contribution is 2.27. The first kappa shape index (κ1) is 23.7. The van der Waals surface area contributed by atoms with Crippen molar-refractivity contribution >= 4 is 35.8 Å². The minimum absolute atomic E-state index is 0. The van der Waals surface area contributed by atoms with Gasteiger partial charge < -0.3 is 20.3 Å². The van der Waals surface area contributed by atoms with Crippen molar-refractivity contribution in [3.05, 3.63) is 29.6 Å². The number of benzene rings is 1. The minimum atomic E-state index is -0.384. The van der Waals surface area contributed by atoms with Gasteiger partial charge in [-0.15, -0.1) is 24.0 Å². The monoisotopic (exact) mass is 518 g/mol. The molecular weight excluding hydrogens is 486 g/mol. The number of nitrogens with zero attached hydrogens (tertiary/aromatic N) is 2. The van der Waals surface area contributed by atoms with E-state index in [1.54, 1.807) is 6.07 Å². The van der Waals surface area contributed by atoms with Crippen LogP contribution in [-0.2, 0) is 11.3 Å². The summed E-state index contributed by atoms with van der Waals surface area (Å²) < 4.78 is 18.8. The molecule has 0 radical (unpaired) electrons. The predicted octanol–water partition coefficient (Wildman–Crippen LogP) is 3.30. The number of methoxy groups -OCH3 is 1. The van der Waals surface area contributed by atoms with E-state index >= 15 is 0 Å². The van der Waals surface area contributed by atoms with E-state index in [-0.39, 0.29) is 47.5 Å². The van der Waals surface area contributed by atoms with Crippen molar-refractivity contribution in [3.63, 3.8) is 0 Å². The average molecular weight is 518 g/mol. The molecule has 1 aromatic rings. The number of ether oxygens (including phenoxy) is 1. The lowest BCUT2D eigenvalue weighted by Gasteiger charge is -2.21. The van der Waals surface area contributed by atoms with Crippen molar-refractivity contribution in [1.29, 1.82) is 0 Å². The Bertz CT molecular complexity index is 710. The first-order chi connectivity index (χ1) is 13.6. The molecule has 8 heteroatoms. The van der Waals surface area contributed by atoms with Gasteiger partial charge in [-0.1, -0.05) is 18.9 Å². The topological polar surface area (TPSA) is 66.0 Å². The normalized spacial score (nSPS) is 19.8. The number of likely N-dealkylation sites (tertiary alicyclic amines) is 1. The standard InChI is InChI=1S/C21H31FN4O2.HI/c1-3-23-21(24-13-15-8-9-19(28-2)18(22)12-15)25-17-10-11-26(14-17)20(27)16-6-4-5-7-16;/h8-9,12,16-17H,3-7,10-11,13-14H2,1-2H3,(H2,23,24,25);1H. The van der Waals surface area contributed by atoms with E-state index in [9.17, 15) is 9.18 Å². The molecule has 0 bridgehead atoms. The second-order valence-electron chi connectivity index (χ2n) is 7.56. The summed E-state index contributed by atoms with van der Waals surface area (Å²) in [4.78, 5) is 19.2. The molecule has 3 rings (SSSR count). The number of aliphatic imine (C=N–C) groups is 1. The van der Waals surface area contributed by atoms with E-state index in [1.807, 2.05) is 17.9 Å². The molecule has 162 valence electrons. The number of halogens is 2. The number of carbonyl (C=O) groups excluding carboxylic acids is 1. The maximum absolute atomic E-state index is 13.9. The highest BCUT2D eigenvalue weighted by Gasteiger charge is 2.32. The van der Waals surface area contributed by atoms with Crippen LogP contribution < -0.4 is 15.4 Å². The molecule has 1 atom stereocenters. The molecule has 1 amide bonds. The Hall–Kier alpha value is -1.58. The van der Waals surface area contributed by atoms with Crippen LogP contribution in [0.15, 0.2) is 23.2 Å². The molecule has 2 N–H and O–H groups in total. The quantitative estimate of drug-likeness (QED) is 0.345. The van der Waals surface area contributed by atoms with Gasteiger partial charge in [0.25, 0.3) is 0 Å². The zero-order chi connectivity index (χ0) is 19.9. The van der Waals surface area contributed by atoms with E-state index in [4.69, 9.17) is 4.74 Å². The predicted molar refractivity (Wildman–Crippen MR) is 123 cm³/mol. The molecule has 1 heterocycles. The molecule has 1 aromatic carbocycles. The summed E-state index contributed by atoms with van der Waals surface area (Å²) in [5.41, 5.74) is 0.778. The fourth-order valence-electron chi connectivity index (χ4n) is 4.00. The number of rotatable bonds is 6. The van der Waals surface area contributed by atoms with Gasteiger partial charge in [0.1, 0.15) is 0 Å². The molecule has 2 aliphatic rings. The lowest BCUT2D eigenvalue weighted by molar-refractivity contribution is -0.134. The van der Waals surface area contributed by atoms with Crippen molar-refractivity contribution in [2.75, 3.05) is 26.7 Å². The number of hydrogen-bond acceptors (Lipinski definition) is 3. The molecule has 0 aromatic heterocycles. The van der Waals surface area contributed by atoms with Crippen LogP contribution in [0.4, 0.5) is 4.39 Å². The Morgan fingerprint density at radius 1 is 1.31 bits per heavy atom. The number of guanidine groups is 1. The van der Waals surface area contributed by atoms with Gasteiger partial charge in [0.15, 0.2) is 17.5 Å². The number of nitrogens with one attached hydrogen (secondary N) is 2. The zero-order valence-electron chi connectivity index (χ0n) is 17.2. The van der Waals surface area contributed by atoms with Crippen molar-refractivity contribution < 1.29 is 13.9 Å². The second kappa shape index (κ2) is 11.6. The maximum atomic E-state index is 13.9. The summed E-state index contributed by atoms with van der Waals surface area (Å²) in [5.74, 6) is 1.09. The summed E-state index contributed by atoms with van der Waals surface area (Å²) >= 11 is 0. The smallest absolute Gasteiger partial charge is 0.225 e. The molecule has 6 nitrogen and oxygen atoms in total. The highest BCUT2D eigenvalue weighted by atomic mass is 127. The fraction of sp³-hybridized carbons (Fsp3) is 0.619. The van der Waals surface area contributed by atoms with Crippen LogP contribution in [0.1, 0.15) is 44.6 Å². The third-order valence-electron chi connectivity index (χ3n) is 5.53. The van der Waals surface area contributed by atoms with Gasteiger partial charge in [-0.2, -0.15) is 0 Å². The van der Waals surface area contributed by atoms with Crippen molar-refractivity contribution in [2.45, 2.75) is 51.6 Å². The van der Waals surface area contributed by atoms with Crippen molar-refractivity contribution in [3.8, 4) is 5.75 Å². The molecule has 0 spiro atoms. The van der Waals surface area contributed by atoms with E-state index < -0.39 is 0 Å². The number of carbonyl (C=O) groups is 1. The van der Waals surface area contributed by atoms with Crippen LogP contribution in [0.3, 0.4) is 0 Å². The Kier molecular flexibility index (Phi) is 9.45. The molecule has 1 unspecified atom stereocenters. The molecule has 1 saturated heterocycles. The molecule has 1 aliphatic carbocycles. The van der Waals surface area contributed by atoms with Crippen LogP contribution in [0.25, 0.3) is 0 Å². The molecule has 2 fully saturated rings. The van der Waals surface area contributed by atoms with E-state index in [1.165, 1.54) is 26.0 Å². The molecule has 1 saturated carbocycles. The van der Waals surface area contributed by atoms with Crippen LogP contribution in [0, 0.1) is 11.7 Å². The van der Waals surface area contributed by atoms with Gasteiger partial charge in [0, 0.05) is 31.6 Å². The second-order valence-corrected chi connectivity index (χ2v) is 7.56. The Morgan fingerprint density at radius 3 is 2.72 bits per heavy atom. The summed E-state index contributed by atoms with van der Waals surface area (Å²) in [5, 5.41) is 6.66. The van der Waals surface area contributed by atoms with Crippen LogP contribution in [0.2, 0.25) is 0 Å². The summed E-state index contributed by atoms with van der Waals surface area (Å²) in [6.07, 6.45) is 5.34. The van der Waals surface area contributed by atoms with Gasteiger partial charge >= 0.3 is 0 Å². The van der Waals surface area contributed by atoms with E-state index in [2.05, 4.69) is 15.6 Å². The van der Waals surface area contributed by atoms with Gasteiger partial charge in [-0.25, -0.2) is 9.38 Å². The SMILES string of the molecule is CCNC(=NCc1ccc(OC)c(F)c1)NC1CCN(C(=O)C2CCCC2)C1.I. The van der Waals surface area contributed by atoms with E-state index in [0.29, 0.717) is 18.4 Å². The van der Waals surface area contributed by atoms with Gasteiger partial charge in [-0.3, -0.25) is 4.79 Å². The molecule has 29 heavy (non-hydrogen) atoms. The third kappa shape index (κ3) is 6.45. The minimum Gasteiger partial charge on any atom is -0.494 e. The Balaban J connectivity index is 0.00000300. The summed E-state index contributed by atoms with van der Waals surface area (Å²) in [7, 11) is 1.45. The van der Waals surface area contributed by atoms with Crippen molar-refractivity contribution in [1.82, 2.24) is 15.5 Å². The first-order valence-corrected chi connectivity index (χ1v) is 10.3. The Morgan fingerprint density at radius 2 is 2.07 bits per heavy atom. The Labute approximate surface area is 189 Å². The van der Waals surface area contributed by atoms with Crippen LogP contribution >= 0.6 is 24.0 Å². The summed E-state index contributed by atoms with van der Waals surface area (Å²) in [6.45, 7) is 4.63. The number of hydrogen-bond donors (Lipinski definition) is 2. The van der Waals surface area contributed by atoms with Crippen molar-refractivity contribution in [2.24, 2.45) is 10.9 Å². The maximum Gasteiger partial charge on any atom is 0.225 e. The zero-order valence-corrected chi connectivity index (χ0v) is 19.6. The number of amides is 1. The first-order valence-electron chi connectivity index (χ1n) is 10.3. The average Bonchev–Trinajstić information content (AvgIpc) is 3.38. The van der Waals surface area contributed by atoms with Crippen LogP contribution in [0.5, 0.6) is 5.75 Å². The van der Waals surface area contributed by atoms with Crippen LogP contribution in [-0.4, -0.2) is 49.6 Å². The van der Waals surface area contributed by atoms with Gasteiger partial charge in [0.2, 0.25) is 5.91 Å². The fourth-order valence-corrected chi connectivity index (χ4v) is 4.00. The van der Waals surface area contributed by atoms with Gasteiger partial charge in [0.05, 0.1) is 13.7 Å². The summed E-state index contributed by atoms with van der Waals surface area (Å²) in [6, 6.07) is 5.07. The lowest BCUT2D eigenvalue weighted by atomic mass is 10.1.